The number of anilines is 2. The molecule has 1 aliphatic rings. The predicted molar refractivity (Wildman–Crippen MR) is 86.8 cm³/mol. The zero-order valence-corrected chi connectivity index (χ0v) is 13.5. The van der Waals surface area contributed by atoms with Gasteiger partial charge in [0.05, 0.1) is 5.60 Å². The van der Waals surface area contributed by atoms with Crippen molar-refractivity contribution < 1.29 is 9.53 Å². The van der Waals surface area contributed by atoms with Crippen LogP contribution in [-0.4, -0.2) is 24.2 Å². The highest BCUT2D eigenvalue weighted by molar-refractivity contribution is 5.92. The lowest BCUT2D eigenvalue weighted by Gasteiger charge is -2.36. The topological polar surface area (TPSA) is 50.4 Å². The Morgan fingerprint density at radius 3 is 2.76 bits per heavy atom. The van der Waals surface area contributed by atoms with E-state index in [1.807, 2.05) is 26.0 Å². The van der Waals surface area contributed by atoms with Crippen LogP contribution in [0.1, 0.15) is 45.6 Å². The van der Waals surface area contributed by atoms with E-state index in [9.17, 15) is 4.79 Å². The van der Waals surface area contributed by atoms with Crippen molar-refractivity contribution in [2.24, 2.45) is 0 Å². The summed E-state index contributed by atoms with van der Waals surface area (Å²) < 4.78 is 5.76. The fourth-order valence-corrected chi connectivity index (χ4v) is 2.74. The summed E-state index contributed by atoms with van der Waals surface area (Å²) in [6.07, 6.45) is 2.48. The molecule has 1 aromatic carbocycles. The molecule has 1 amide bonds. The minimum absolute atomic E-state index is 0.0439. The molecule has 0 aromatic heterocycles. The van der Waals surface area contributed by atoms with Gasteiger partial charge in [0.2, 0.25) is 5.91 Å². The van der Waals surface area contributed by atoms with Gasteiger partial charge in [-0.25, -0.2) is 0 Å². The number of carbonyl (C=O) groups excluding carboxylic acids is 1. The molecule has 1 saturated heterocycles. The van der Waals surface area contributed by atoms with Crippen molar-refractivity contribution >= 4 is 17.3 Å². The highest BCUT2D eigenvalue weighted by Crippen LogP contribution is 2.29. The Morgan fingerprint density at radius 1 is 1.38 bits per heavy atom. The number of benzene rings is 1. The zero-order valence-electron chi connectivity index (χ0n) is 13.5. The van der Waals surface area contributed by atoms with Gasteiger partial charge in [-0.2, -0.15) is 0 Å². The molecule has 4 heteroatoms. The van der Waals surface area contributed by atoms with Crippen molar-refractivity contribution in [3.63, 3.8) is 0 Å². The van der Waals surface area contributed by atoms with E-state index < -0.39 is 0 Å². The second kappa shape index (κ2) is 6.48. The lowest BCUT2D eigenvalue weighted by atomic mass is 9.93. The Morgan fingerprint density at radius 2 is 2.10 bits per heavy atom. The fourth-order valence-electron chi connectivity index (χ4n) is 2.74. The number of hydrogen-bond acceptors (Lipinski definition) is 3. The van der Waals surface area contributed by atoms with Gasteiger partial charge >= 0.3 is 0 Å². The van der Waals surface area contributed by atoms with Crippen molar-refractivity contribution in [2.45, 2.75) is 58.6 Å². The molecule has 4 nitrogen and oxygen atoms in total. The van der Waals surface area contributed by atoms with Gasteiger partial charge in [-0.05, 0) is 51.3 Å². The first-order valence-corrected chi connectivity index (χ1v) is 7.71. The molecular weight excluding hydrogens is 264 g/mol. The first-order chi connectivity index (χ1) is 9.91. The average molecular weight is 290 g/mol. The number of nitrogens with one attached hydrogen (secondary N) is 2. The lowest BCUT2D eigenvalue weighted by molar-refractivity contribution is -0.115. The van der Waals surface area contributed by atoms with Gasteiger partial charge in [0.15, 0.2) is 0 Å². The molecule has 1 atom stereocenters. The number of carbonyl (C=O) groups is 1. The molecule has 2 N–H and O–H groups in total. The van der Waals surface area contributed by atoms with Gasteiger partial charge in [0.25, 0.3) is 0 Å². The van der Waals surface area contributed by atoms with Crippen LogP contribution in [0, 0.1) is 6.92 Å². The molecule has 1 unspecified atom stereocenters. The minimum Gasteiger partial charge on any atom is -0.382 e. The Balaban J connectivity index is 2.10. The summed E-state index contributed by atoms with van der Waals surface area (Å²) in [5, 5.41) is 6.56. The Hall–Kier alpha value is -1.55. The molecule has 0 bridgehead atoms. The summed E-state index contributed by atoms with van der Waals surface area (Å²) in [6, 6.07) is 6.40. The average Bonchev–Trinajstić information content (AvgIpc) is 2.42. The van der Waals surface area contributed by atoms with Crippen LogP contribution in [-0.2, 0) is 9.53 Å². The summed E-state index contributed by atoms with van der Waals surface area (Å²) in [5.74, 6) is 0.0439. The van der Waals surface area contributed by atoms with E-state index in [1.165, 1.54) is 0 Å². The number of rotatable bonds is 4. The van der Waals surface area contributed by atoms with Crippen molar-refractivity contribution in [2.75, 3.05) is 17.2 Å². The molecule has 0 saturated carbocycles. The van der Waals surface area contributed by atoms with Gasteiger partial charge < -0.3 is 15.4 Å². The molecule has 116 valence electrons. The number of hydrogen-bond donors (Lipinski definition) is 2. The monoisotopic (exact) mass is 290 g/mol. The van der Waals surface area contributed by atoms with E-state index in [4.69, 9.17) is 4.74 Å². The normalized spacial score (nSPS) is 20.9. The molecule has 2 rings (SSSR count). The Labute approximate surface area is 127 Å². The van der Waals surface area contributed by atoms with Crippen molar-refractivity contribution in [3.05, 3.63) is 23.8 Å². The quantitative estimate of drug-likeness (QED) is 0.888. The van der Waals surface area contributed by atoms with Crippen LogP contribution < -0.4 is 10.6 Å². The fraction of sp³-hybridized carbons (Fsp3) is 0.588. The minimum atomic E-state index is -0.0716. The van der Waals surface area contributed by atoms with Crippen LogP contribution in [0.3, 0.4) is 0 Å². The van der Waals surface area contributed by atoms with Crippen LogP contribution in [0.5, 0.6) is 0 Å². The van der Waals surface area contributed by atoms with Gasteiger partial charge in [-0.3, -0.25) is 4.79 Å². The highest BCUT2D eigenvalue weighted by Gasteiger charge is 2.28. The van der Waals surface area contributed by atoms with Gasteiger partial charge in [0, 0.05) is 30.4 Å². The molecule has 0 radical (unpaired) electrons. The van der Waals surface area contributed by atoms with Crippen LogP contribution in [0.15, 0.2) is 18.2 Å². The van der Waals surface area contributed by atoms with Crippen molar-refractivity contribution in [1.82, 2.24) is 0 Å². The third-order valence-electron chi connectivity index (χ3n) is 3.99. The van der Waals surface area contributed by atoms with Crippen LogP contribution in [0.4, 0.5) is 11.4 Å². The smallest absolute Gasteiger partial charge is 0.224 e. The molecule has 1 aliphatic heterocycles. The van der Waals surface area contributed by atoms with Gasteiger partial charge in [-0.15, -0.1) is 0 Å². The van der Waals surface area contributed by atoms with Gasteiger partial charge in [-0.1, -0.05) is 13.0 Å². The summed E-state index contributed by atoms with van der Waals surface area (Å²) in [4.78, 5) is 11.6. The maximum absolute atomic E-state index is 11.6. The highest BCUT2D eigenvalue weighted by atomic mass is 16.5. The standard InChI is InChI=1S/C17H26N2O2/c1-5-16(20)19-15-8-6-7-14(12(15)2)18-13-9-10-21-17(3,4)11-13/h6-8,13,18H,5,9-11H2,1-4H3,(H,19,20). The van der Waals surface area contributed by atoms with Crippen molar-refractivity contribution in [3.8, 4) is 0 Å². The molecule has 0 aliphatic carbocycles. The lowest BCUT2D eigenvalue weighted by Crippen LogP contribution is -2.40. The molecule has 0 spiro atoms. The van der Waals surface area contributed by atoms with E-state index >= 15 is 0 Å². The van der Waals surface area contributed by atoms with E-state index in [2.05, 4.69) is 30.5 Å². The van der Waals surface area contributed by atoms with Gasteiger partial charge in [0.1, 0.15) is 0 Å². The van der Waals surface area contributed by atoms with Crippen LogP contribution >= 0.6 is 0 Å². The first kappa shape index (κ1) is 15.8. The van der Waals surface area contributed by atoms with E-state index in [-0.39, 0.29) is 11.5 Å². The summed E-state index contributed by atoms with van der Waals surface area (Å²) in [7, 11) is 0. The third-order valence-corrected chi connectivity index (χ3v) is 3.99. The zero-order chi connectivity index (χ0) is 15.5. The van der Waals surface area contributed by atoms with Crippen molar-refractivity contribution in [1.29, 1.82) is 0 Å². The number of ether oxygens (including phenoxy) is 1. The molecular formula is C17H26N2O2. The van der Waals surface area contributed by atoms with E-state index in [0.717, 1.165) is 36.4 Å². The summed E-state index contributed by atoms with van der Waals surface area (Å²) >= 11 is 0. The molecule has 1 heterocycles. The van der Waals surface area contributed by atoms with E-state index in [0.29, 0.717) is 12.5 Å². The second-order valence-electron chi connectivity index (χ2n) is 6.32. The SMILES string of the molecule is CCC(=O)Nc1cccc(NC2CCOC(C)(C)C2)c1C. The maximum atomic E-state index is 11.6. The maximum Gasteiger partial charge on any atom is 0.224 e. The summed E-state index contributed by atoms with van der Waals surface area (Å²) in [6.45, 7) is 8.95. The Bertz CT molecular complexity index is 512. The third kappa shape index (κ3) is 4.21. The molecule has 1 fully saturated rings. The van der Waals surface area contributed by atoms with Crippen LogP contribution in [0.2, 0.25) is 0 Å². The largest absolute Gasteiger partial charge is 0.382 e. The predicted octanol–water partition coefficient (Wildman–Crippen LogP) is 3.71. The molecule has 21 heavy (non-hydrogen) atoms. The first-order valence-electron chi connectivity index (χ1n) is 7.71. The second-order valence-corrected chi connectivity index (χ2v) is 6.32. The van der Waals surface area contributed by atoms with Crippen LogP contribution in [0.25, 0.3) is 0 Å². The Kier molecular flexibility index (Phi) is 4.88. The van der Waals surface area contributed by atoms with E-state index in [1.54, 1.807) is 0 Å². The number of amides is 1. The summed E-state index contributed by atoms with van der Waals surface area (Å²) in [5.41, 5.74) is 2.99. The molecule has 1 aromatic rings.